The number of hydrogen-bond donors (Lipinski definition) is 1. The third-order valence-corrected chi connectivity index (χ3v) is 6.15. The van der Waals surface area contributed by atoms with Crippen LogP contribution < -0.4 is 5.32 Å². The Kier molecular flexibility index (Phi) is 3.62. The maximum atomic E-state index is 4.55. The van der Waals surface area contributed by atoms with Crippen molar-refractivity contribution in [3.8, 4) is 11.1 Å². The minimum Gasteiger partial charge on any atom is -0.350 e. The molecule has 3 fully saturated rings. The fourth-order valence-electron chi connectivity index (χ4n) is 3.89. The van der Waals surface area contributed by atoms with E-state index < -0.39 is 0 Å². The Bertz CT molecular complexity index is 641. The molecule has 0 aromatic carbocycles. The van der Waals surface area contributed by atoms with Crippen LogP contribution in [0.1, 0.15) is 25.3 Å². The van der Waals surface area contributed by atoms with Gasteiger partial charge in [-0.15, -0.1) is 0 Å². The normalized spacial score (nSPS) is 30.5. The number of piperidine rings is 3. The van der Waals surface area contributed by atoms with Crippen LogP contribution in [-0.2, 0) is 0 Å². The minimum absolute atomic E-state index is 0.483. The molecule has 5 rings (SSSR count). The Balaban J connectivity index is 1.51. The van der Waals surface area contributed by atoms with Crippen molar-refractivity contribution in [3.05, 3.63) is 28.7 Å². The molecule has 0 unspecified atom stereocenters. The summed E-state index contributed by atoms with van der Waals surface area (Å²) >= 11 is 1.73. The van der Waals surface area contributed by atoms with Crippen molar-refractivity contribution in [2.75, 3.05) is 18.4 Å². The summed E-state index contributed by atoms with van der Waals surface area (Å²) in [5.74, 6) is 1.53. The van der Waals surface area contributed by atoms with Crippen LogP contribution in [0.3, 0.4) is 0 Å². The van der Waals surface area contributed by atoms with E-state index in [-0.39, 0.29) is 0 Å². The monoisotopic (exact) mass is 314 g/mol. The Labute approximate surface area is 135 Å². The number of rotatable bonds is 3. The van der Waals surface area contributed by atoms with Gasteiger partial charge in [0, 0.05) is 30.0 Å². The molecule has 116 valence electrons. The number of fused-ring (bicyclic) bond motifs is 3. The Morgan fingerprint density at radius 1 is 1.18 bits per heavy atom. The second kappa shape index (κ2) is 5.63. The molecular formula is C17H22N4S. The van der Waals surface area contributed by atoms with Gasteiger partial charge in [-0.05, 0) is 67.6 Å². The summed E-state index contributed by atoms with van der Waals surface area (Å²) < 4.78 is 0. The molecule has 4 nitrogen and oxygen atoms in total. The van der Waals surface area contributed by atoms with Crippen molar-refractivity contribution >= 4 is 17.3 Å². The third-order valence-electron chi connectivity index (χ3n) is 5.29. The van der Waals surface area contributed by atoms with Gasteiger partial charge in [-0.1, -0.05) is 0 Å². The highest BCUT2D eigenvalue weighted by Crippen LogP contribution is 2.33. The van der Waals surface area contributed by atoms with E-state index in [0.717, 1.165) is 17.4 Å². The lowest BCUT2D eigenvalue weighted by Gasteiger charge is -2.49. The average Bonchev–Trinajstić information content (AvgIpc) is 2.98. The largest absolute Gasteiger partial charge is 0.350 e. The molecule has 3 saturated heterocycles. The van der Waals surface area contributed by atoms with E-state index in [1.54, 1.807) is 11.3 Å². The van der Waals surface area contributed by atoms with Crippen LogP contribution in [0.5, 0.6) is 0 Å². The molecular weight excluding hydrogens is 292 g/mol. The van der Waals surface area contributed by atoms with Gasteiger partial charge in [0.25, 0.3) is 0 Å². The molecule has 0 aliphatic carbocycles. The lowest BCUT2D eigenvalue weighted by Crippen LogP contribution is -2.59. The van der Waals surface area contributed by atoms with Crippen molar-refractivity contribution in [3.63, 3.8) is 0 Å². The quantitative estimate of drug-likeness (QED) is 0.942. The standard InChI is InChI=1S/C17H22N4S/c1-11-9-22-10-15(11)14-7-18-17(19-8-14)20-16-12(2)21-5-3-13(16)4-6-21/h7-10,12-13,16H,3-6H2,1-2H3,(H,18,19,20)/t12-,16+/m1/s1. The fourth-order valence-corrected chi connectivity index (χ4v) is 4.75. The molecule has 0 saturated carbocycles. The summed E-state index contributed by atoms with van der Waals surface area (Å²) in [7, 11) is 0. The molecule has 2 aromatic heterocycles. The van der Waals surface area contributed by atoms with E-state index in [9.17, 15) is 0 Å². The van der Waals surface area contributed by atoms with Crippen molar-refractivity contribution in [1.82, 2.24) is 14.9 Å². The number of thiophene rings is 1. The maximum Gasteiger partial charge on any atom is 0.222 e. The summed E-state index contributed by atoms with van der Waals surface area (Å²) in [6, 6.07) is 1.06. The first-order chi connectivity index (χ1) is 10.7. The van der Waals surface area contributed by atoms with E-state index in [2.05, 4.69) is 44.8 Å². The number of hydrogen-bond acceptors (Lipinski definition) is 5. The predicted octanol–water partition coefficient (Wildman–Crippen LogP) is 3.41. The lowest BCUT2D eigenvalue weighted by molar-refractivity contribution is 0.0455. The van der Waals surface area contributed by atoms with Crippen LogP contribution in [0.25, 0.3) is 11.1 Å². The number of aromatic nitrogens is 2. The summed E-state index contributed by atoms with van der Waals surface area (Å²) in [5, 5.41) is 7.91. The van der Waals surface area contributed by atoms with Crippen molar-refractivity contribution in [2.45, 2.75) is 38.8 Å². The van der Waals surface area contributed by atoms with E-state index in [1.165, 1.54) is 37.1 Å². The molecule has 2 aromatic rings. The highest BCUT2D eigenvalue weighted by molar-refractivity contribution is 7.08. The van der Waals surface area contributed by atoms with E-state index in [1.807, 2.05) is 12.4 Å². The molecule has 3 aliphatic heterocycles. The predicted molar refractivity (Wildman–Crippen MR) is 91.3 cm³/mol. The lowest BCUT2D eigenvalue weighted by atomic mass is 9.79. The number of aryl methyl sites for hydroxylation is 1. The van der Waals surface area contributed by atoms with Crippen molar-refractivity contribution in [1.29, 1.82) is 0 Å². The second-order valence-electron chi connectivity index (χ2n) is 6.55. The first-order valence-electron chi connectivity index (χ1n) is 8.08. The molecule has 22 heavy (non-hydrogen) atoms. The van der Waals surface area contributed by atoms with Crippen molar-refractivity contribution < 1.29 is 0 Å². The first kappa shape index (κ1) is 14.2. The molecule has 2 atom stereocenters. The van der Waals surface area contributed by atoms with Crippen LogP contribution >= 0.6 is 11.3 Å². The van der Waals surface area contributed by atoms with Gasteiger partial charge in [0.15, 0.2) is 0 Å². The second-order valence-corrected chi connectivity index (χ2v) is 7.29. The zero-order valence-electron chi connectivity index (χ0n) is 13.1. The van der Waals surface area contributed by atoms with Crippen LogP contribution in [0, 0.1) is 12.8 Å². The summed E-state index contributed by atoms with van der Waals surface area (Å²) in [6.45, 7) is 6.96. The van der Waals surface area contributed by atoms with E-state index in [4.69, 9.17) is 0 Å². The van der Waals surface area contributed by atoms with Gasteiger partial charge in [0.2, 0.25) is 5.95 Å². The maximum absolute atomic E-state index is 4.55. The summed E-state index contributed by atoms with van der Waals surface area (Å²) in [4.78, 5) is 11.7. The minimum atomic E-state index is 0.483. The zero-order valence-corrected chi connectivity index (χ0v) is 13.9. The molecule has 2 bridgehead atoms. The Morgan fingerprint density at radius 3 is 2.50 bits per heavy atom. The van der Waals surface area contributed by atoms with Crippen molar-refractivity contribution in [2.24, 2.45) is 5.92 Å². The summed E-state index contributed by atoms with van der Waals surface area (Å²) in [5.41, 5.74) is 3.64. The Morgan fingerprint density at radius 2 is 1.91 bits per heavy atom. The summed E-state index contributed by atoms with van der Waals surface area (Å²) in [6.07, 6.45) is 6.48. The Hall–Kier alpha value is -1.46. The van der Waals surface area contributed by atoms with Gasteiger partial charge < -0.3 is 5.32 Å². The van der Waals surface area contributed by atoms with Gasteiger partial charge in [-0.25, -0.2) is 9.97 Å². The van der Waals surface area contributed by atoms with Gasteiger partial charge in [0.1, 0.15) is 0 Å². The van der Waals surface area contributed by atoms with Gasteiger partial charge >= 0.3 is 0 Å². The van der Waals surface area contributed by atoms with Crippen LogP contribution in [-0.4, -0.2) is 40.0 Å². The first-order valence-corrected chi connectivity index (χ1v) is 9.02. The average molecular weight is 314 g/mol. The topological polar surface area (TPSA) is 41.1 Å². The fraction of sp³-hybridized carbons (Fsp3) is 0.529. The molecule has 0 radical (unpaired) electrons. The van der Waals surface area contributed by atoms with E-state index in [0.29, 0.717) is 12.1 Å². The van der Waals surface area contributed by atoms with Gasteiger partial charge in [-0.2, -0.15) is 11.3 Å². The van der Waals surface area contributed by atoms with Gasteiger partial charge in [-0.3, -0.25) is 4.90 Å². The third kappa shape index (κ3) is 2.42. The molecule has 0 spiro atoms. The van der Waals surface area contributed by atoms with E-state index >= 15 is 0 Å². The van der Waals surface area contributed by atoms with Crippen LogP contribution in [0.4, 0.5) is 5.95 Å². The molecule has 0 amide bonds. The number of nitrogens with zero attached hydrogens (tertiary/aromatic N) is 3. The SMILES string of the molecule is Cc1cscc1-c1cnc(N[C@@H]2C3CCN(CC3)[C@@H]2C)nc1. The molecule has 5 heteroatoms. The highest BCUT2D eigenvalue weighted by atomic mass is 32.1. The number of nitrogens with one attached hydrogen (secondary N) is 1. The zero-order chi connectivity index (χ0) is 15.1. The molecule has 5 heterocycles. The van der Waals surface area contributed by atoms with Gasteiger partial charge in [0.05, 0.1) is 0 Å². The molecule has 3 aliphatic rings. The number of anilines is 1. The van der Waals surface area contributed by atoms with Crippen LogP contribution in [0.15, 0.2) is 23.2 Å². The highest BCUT2D eigenvalue weighted by Gasteiger charge is 2.39. The van der Waals surface area contributed by atoms with Crippen LogP contribution in [0.2, 0.25) is 0 Å². The molecule has 1 N–H and O–H groups in total. The smallest absolute Gasteiger partial charge is 0.222 e.